The standard InChI is InChI=1S/C12H16BrNO3/c1-14(2)12(15)17-11(8-13)9-16-10-6-4-3-5-7-10/h3-7,11H,8-9H2,1-2H3. The molecule has 5 heteroatoms. The first-order chi connectivity index (χ1) is 8.13. The zero-order chi connectivity index (χ0) is 12.7. The Hall–Kier alpha value is -1.23. The maximum absolute atomic E-state index is 11.4. The summed E-state index contributed by atoms with van der Waals surface area (Å²) in [5.74, 6) is 0.763. The Morgan fingerprint density at radius 2 is 2.00 bits per heavy atom. The quantitative estimate of drug-likeness (QED) is 0.785. The van der Waals surface area contributed by atoms with Crippen LogP contribution in [0.15, 0.2) is 30.3 Å². The number of hydrogen-bond acceptors (Lipinski definition) is 3. The highest BCUT2D eigenvalue weighted by atomic mass is 79.9. The fourth-order valence-corrected chi connectivity index (χ4v) is 1.38. The molecule has 0 heterocycles. The molecule has 0 bridgehead atoms. The molecule has 0 saturated heterocycles. The number of benzene rings is 1. The molecule has 0 spiro atoms. The van der Waals surface area contributed by atoms with Crippen molar-refractivity contribution in [1.82, 2.24) is 4.90 Å². The molecule has 0 saturated carbocycles. The molecule has 0 radical (unpaired) electrons. The molecule has 17 heavy (non-hydrogen) atoms. The maximum Gasteiger partial charge on any atom is 0.409 e. The highest BCUT2D eigenvalue weighted by molar-refractivity contribution is 9.09. The van der Waals surface area contributed by atoms with E-state index in [0.717, 1.165) is 5.75 Å². The van der Waals surface area contributed by atoms with Gasteiger partial charge in [-0.25, -0.2) is 4.79 Å². The van der Waals surface area contributed by atoms with Crippen LogP contribution in [0.5, 0.6) is 5.75 Å². The molecule has 1 amide bonds. The Balaban J connectivity index is 2.40. The molecule has 1 aromatic carbocycles. The van der Waals surface area contributed by atoms with Crippen molar-refractivity contribution in [2.45, 2.75) is 6.10 Å². The van der Waals surface area contributed by atoms with Gasteiger partial charge in [0.05, 0.1) is 0 Å². The summed E-state index contributed by atoms with van der Waals surface area (Å²) < 4.78 is 10.7. The van der Waals surface area contributed by atoms with Crippen molar-refractivity contribution in [3.63, 3.8) is 0 Å². The first-order valence-electron chi connectivity index (χ1n) is 5.25. The molecule has 0 fully saturated rings. The number of carbonyl (C=O) groups excluding carboxylic acids is 1. The van der Waals surface area contributed by atoms with Crippen molar-refractivity contribution in [2.75, 3.05) is 26.0 Å². The zero-order valence-electron chi connectivity index (χ0n) is 9.93. The van der Waals surface area contributed by atoms with E-state index in [1.807, 2.05) is 30.3 Å². The van der Waals surface area contributed by atoms with E-state index in [-0.39, 0.29) is 12.2 Å². The van der Waals surface area contributed by atoms with Gasteiger partial charge >= 0.3 is 6.09 Å². The predicted molar refractivity (Wildman–Crippen MR) is 69.7 cm³/mol. The van der Waals surface area contributed by atoms with Gasteiger partial charge in [-0.15, -0.1) is 0 Å². The molecule has 1 rings (SSSR count). The number of alkyl halides is 1. The second-order valence-electron chi connectivity index (χ2n) is 3.68. The van der Waals surface area contributed by atoms with Crippen molar-refractivity contribution in [1.29, 1.82) is 0 Å². The van der Waals surface area contributed by atoms with Crippen molar-refractivity contribution < 1.29 is 14.3 Å². The van der Waals surface area contributed by atoms with Crippen LogP contribution in [0.3, 0.4) is 0 Å². The van der Waals surface area contributed by atoms with Crippen LogP contribution in [-0.4, -0.2) is 43.1 Å². The Kier molecular flexibility index (Phi) is 5.83. The first kappa shape index (κ1) is 13.8. The van der Waals surface area contributed by atoms with E-state index in [9.17, 15) is 4.79 Å². The minimum atomic E-state index is -0.369. The number of nitrogens with zero attached hydrogens (tertiary/aromatic N) is 1. The average Bonchev–Trinajstić information content (AvgIpc) is 2.35. The van der Waals surface area contributed by atoms with E-state index < -0.39 is 0 Å². The highest BCUT2D eigenvalue weighted by Gasteiger charge is 2.15. The number of hydrogen-bond donors (Lipinski definition) is 0. The smallest absolute Gasteiger partial charge is 0.409 e. The molecule has 1 unspecified atom stereocenters. The molecule has 4 nitrogen and oxygen atoms in total. The molecule has 94 valence electrons. The molecule has 0 aliphatic heterocycles. The summed E-state index contributed by atoms with van der Waals surface area (Å²) in [5, 5.41) is 0.541. The zero-order valence-corrected chi connectivity index (χ0v) is 11.5. The number of amides is 1. The van der Waals surface area contributed by atoms with Crippen LogP contribution in [0.25, 0.3) is 0 Å². The van der Waals surface area contributed by atoms with Gasteiger partial charge in [-0.05, 0) is 12.1 Å². The van der Waals surface area contributed by atoms with Gasteiger partial charge in [-0.2, -0.15) is 0 Å². The fraction of sp³-hybridized carbons (Fsp3) is 0.417. The van der Waals surface area contributed by atoms with Crippen LogP contribution in [0.4, 0.5) is 4.79 Å². The Morgan fingerprint density at radius 3 is 2.53 bits per heavy atom. The van der Waals surface area contributed by atoms with Gasteiger partial charge in [0.1, 0.15) is 18.5 Å². The van der Waals surface area contributed by atoms with Gasteiger partial charge in [-0.3, -0.25) is 0 Å². The summed E-state index contributed by atoms with van der Waals surface area (Å²) in [7, 11) is 3.29. The Labute approximate surface area is 110 Å². The van der Waals surface area contributed by atoms with Gasteiger partial charge in [0, 0.05) is 19.4 Å². The van der Waals surface area contributed by atoms with Crippen LogP contribution in [0, 0.1) is 0 Å². The lowest BCUT2D eigenvalue weighted by Gasteiger charge is -2.19. The molecule has 0 aromatic heterocycles. The lowest BCUT2D eigenvalue weighted by atomic mass is 10.3. The number of rotatable bonds is 5. The Bertz CT molecular complexity index is 343. The minimum Gasteiger partial charge on any atom is -0.490 e. The van der Waals surface area contributed by atoms with Crippen LogP contribution in [0.2, 0.25) is 0 Å². The van der Waals surface area contributed by atoms with Gasteiger partial charge < -0.3 is 14.4 Å². The minimum absolute atomic E-state index is 0.301. The highest BCUT2D eigenvalue weighted by Crippen LogP contribution is 2.10. The monoisotopic (exact) mass is 301 g/mol. The van der Waals surface area contributed by atoms with E-state index >= 15 is 0 Å². The van der Waals surface area contributed by atoms with Crippen LogP contribution in [0.1, 0.15) is 0 Å². The molecular weight excluding hydrogens is 286 g/mol. The van der Waals surface area contributed by atoms with E-state index in [0.29, 0.717) is 11.9 Å². The summed E-state index contributed by atoms with van der Waals surface area (Å²) in [6.45, 7) is 0.328. The molecule has 1 atom stereocenters. The first-order valence-corrected chi connectivity index (χ1v) is 6.37. The van der Waals surface area contributed by atoms with Crippen molar-refractivity contribution in [3.05, 3.63) is 30.3 Å². The van der Waals surface area contributed by atoms with Crippen molar-refractivity contribution in [2.24, 2.45) is 0 Å². The van der Waals surface area contributed by atoms with Crippen LogP contribution in [-0.2, 0) is 4.74 Å². The molecule has 0 aliphatic rings. The van der Waals surface area contributed by atoms with E-state index in [1.165, 1.54) is 4.90 Å². The summed E-state index contributed by atoms with van der Waals surface area (Å²) in [6, 6.07) is 9.42. The van der Waals surface area contributed by atoms with Crippen LogP contribution >= 0.6 is 15.9 Å². The third kappa shape index (κ3) is 5.08. The SMILES string of the molecule is CN(C)C(=O)OC(CBr)COc1ccccc1. The number of para-hydroxylation sites is 1. The average molecular weight is 302 g/mol. The largest absolute Gasteiger partial charge is 0.490 e. The second kappa shape index (κ2) is 7.17. The Morgan fingerprint density at radius 1 is 1.35 bits per heavy atom. The van der Waals surface area contributed by atoms with Gasteiger partial charge in [-0.1, -0.05) is 34.1 Å². The predicted octanol–water partition coefficient (Wildman–Crippen LogP) is 2.53. The van der Waals surface area contributed by atoms with Gasteiger partial charge in [0.25, 0.3) is 0 Å². The fourth-order valence-electron chi connectivity index (χ4n) is 1.06. The lowest BCUT2D eigenvalue weighted by molar-refractivity contribution is 0.0600. The summed E-state index contributed by atoms with van der Waals surface area (Å²) in [4.78, 5) is 12.7. The van der Waals surface area contributed by atoms with E-state index in [1.54, 1.807) is 14.1 Å². The van der Waals surface area contributed by atoms with Crippen LogP contribution < -0.4 is 4.74 Å². The third-order valence-electron chi connectivity index (χ3n) is 1.98. The van der Waals surface area contributed by atoms with E-state index in [4.69, 9.17) is 9.47 Å². The van der Waals surface area contributed by atoms with Gasteiger partial charge in [0.2, 0.25) is 0 Å². The summed E-state index contributed by atoms with van der Waals surface area (Å²) in [6.07, 6.45) is -0.670. The number of ether oxygens (including phenoxy) is 2. The summed E-state index contributed by atoms with van der Waals surface area (Å²) >= 11 is 3.29. The number of halogens is 1. The second-order valence-corrected chi connectivity index (χ2v) is 4.33. The molecule has 0 aliphatic carbocycles. The molecule has 1 aromatic rings. The number of carbonyl (C=O) groups is 1. The maximum atomic E-state index is 11.4. The van der Waals surface area contributed by atoms with Crippen molar-refractivity contribution >= 4 is 22.0 Å². The third-order valence-corrected chi connectivity index (χ3v) is 2.71. The lowest BCUT2D eigenvalue weighted by Crippen LogP contribution is -2.32. The van der Waals surface area contributed by atoms with Crippen molar-refractivity contribution in [3.8, 4) is 5.75 Å². The summed E-state index contributed by atoms with van der Waals surface area (Å²) in [5.41, 5.74) is 0. The topological polar surface area (TPSA) is 38.8 Å². The molecular formula is C12H16BrNO3. The molecule has 0 N–H and O–H groups in total. The van der Waals surface area contributed by atoms with E-state index in [2.05, 4.69) is 15.9 Å². The van der Waals surface area contributed by atoms with Gasteiger partial charge in [0.15, 0.2) is 0 Å². The normalized spacial score (nSPS) is 11.7.